The quantitative estimate of drug-likeness (QED) is 0.650. The van der Waals surface area contributed by atoms with Crippen LogP contribution in [0.2, 0.25) is 0 Å². The molecule has 1 aromatic carbocycles. The summed E-state index contributed by atoms with van der Waals surface area (Å²) in [5.41, 5.74) is 9.57. The van der Waals surface area contributed by atoms with Crippen molar-refractivity contribution in [2.75, 3.05) is 18.0 Å². The van der Waals surface area contributed by atoms with E-state index in [1.807, 2.05) is 30.3 Å². The SMILES string of the molecule is CC(=O)N1CC(C(=O)N[C@H](CN)c2ccccc2)=Cc2c[nH]c3nccc1c23. The Morgan fingerprint density at radius 3 is 2.79 bits per heavy atom. The molecule has 0 saturated carbocycles. The van der Waals surface area contributed by atoms with Gasteiger partial charge in [0.1, 0.15) is 5.65 Å². The number of nitrogens with two attached hydrogens (primary N) is 1. The first-order chi connectivity index (χ1) is 13.6. The number of nitrogens with zero attached hydrogens (tertiary/aromatic N) is 2. The second kappa shape index (κ2) is 7.28. The lowest BCUT2D eigenvalue weighted by atomic mass is 10.1. The minimum Gasteiger partial charge on any atom is -0.345 e. The molecule has 2 aromatic heterocycles. The fourth-order valence-electron chi connectivity index (χ4n) is 3.52. The van der Waals surface area contributed by atoms with Gasteiger partial charge in [-0.25, -0.2) is 4.98 Å². The number of aromatic amines is 1. The molecule has 0 unspecified atom stereocenters. The highest BCUT2D eigenvalue weighted by molar-refractivity contribution is 6.10. The second-order valence-corrected chi connectivity index (χ2v) is 6.74. The maximum Gasteiger partial charge on any atom is 0.249 e. The summed E-state index contributed by atoms with van der Waals surface area (Å²) in [6, 6.07) is 11.1. The number of benzene rings is 1. The van der Waals surface area contributed by atoms with Crippen LogP contribution in [0.5, 0.6) is 0 Å². The molecule has 28 heavy (non-hydrogen) atoms. The molecule has 1 aliphatic rings. The van der Waals surface area contributed by atoms with Crippen LogP contribution in [0.15, 0.2) is 54.4 Å². The van der Waals surface area contributed by atoms with Gasteiger partial charge in [0.25, 0.3) is 0 Å². The molecular weight excluding hydrogens is 354 g/mol. The van der Waals surface area contributed by atoms with E-state index in [9.17, 15) is 9.59 Å². The lowest BCUT2D eigenvalue weighted by Gasteiger charge is -2.23. The summed E-state index contributed by atoms with van der Waals surface area (Å²) in [5, 5.41) is 3.83. The monoisotopic (exact) mass is 375 g/mol. The predicted molar refractivity (Wildman–Crippen MR) is 108 cm³/mol. The third kappa shape index (κ3) is 3.16. The number of nitrogens with one attached hydrogen (secondary N) is 2. The predicted octanol–water partition coefficient (Wildman–Crippen LogP) is 2.13. The number of hydrogen-bond acceptors (Lipinski definition) is 4. The standard InChI is InChI=1S/C21H21N5O2/c1-13(27)26-12-16(9-15-11-24-20-19(15)18(26)7-8-23-20)21(28)25-17(10-22)14-5-3-2-4-6-14/h2-9,11,17H,10,12,22H2,1H3,(H,23,24)(H,25,28)/t17-/m1/s1. The van der Waals surface area contributed by atoms with Gasteiger partial charge in [-0.1, -0.05) is 30.3 Å². The zero-order valence-electron chi connectivity index (χ0n) is 15.5. The summed E-state index contributed by atoms with van der Waals surface area (Å²) in [6.45, 7) is 1.95. The largest absolute Gasteiger partial charge is 0.345 e. The van der Waals surface area contributed by atoms with E-state index in [4.69, 9.17) is 5.73 Å². The van der Waals surface area contributed by atoms with Crippen molar-refractivity contribution >= 4 is 34.6 Å². The van der Waals surface area contributed by atoms with E-state index in [-0.39, 0.29) is 30.9 Å². The van der Waals surface area contributed by atoms with Crippen molar-refractivity contribution in [3.63, 3.8) is 0 Å². The molecule has 0 fully saturated rings. The van der Waals surface area contributed by atoms with Crippen LogP contribution in [0, 0.1) is 0 Å². The average Bonchev–Trinajstić information content (AvgIpc) is 3.03. The van der Waals surface area contributed by atoms with Crippen molar-refractivity contribution in [3.05, 3.63) is 65.5 Å². The molecule has 0 bridgehead atoms. The Balaban J connectivity index is 1.70. The number of aromatic nitrogens is 2. The van der Waals surface area contributed by atoms with Gasteiger partial charge in [0.2, 0.25) is 11.8 Å². The maximum absolute atomic E-state index is 13.1. The lowest BCUT2D eigenvalue weighted by Crippen LogP contribution is -2.38. The molecule has 7 nitrogen and oxygen atoms in total. The Morgan fingerprint density at radius 1 is 1.29 bits per heavy atom. The molecule has 3 heterocycles. The van der Waals surface area contributed by atoms with Gasteiger partial charge in [-0.15, -0.1) is 0 Å². The number of rotatable bonds is 4. The van der Waals surface area contributed by atoms with Crippen molar-refractivity contribution < 1.29 is 9.59 Å². The Kier molecular flexibility index (Phi) is 4.67. The molecule has 0 radical (unpaired) electrons. The molecule has 4 rings (SSSR count). The fraction of sp³-hybridized carbons (Fsp3) is 0.190. The zero-order chi connectivity index (χ0) is 19.7. The van der Waals surface area contributed by atoms with E-state index in [0.29, 0.717) is 11.2 Å². The molecule has 7 heteroatoms. The van der Waals surface area contributed by atoms with Gasteiger partial charge >= 0.3 is 0 Å². The Labute approximate surface area is 162 Å². The highest BCUT2D eigenvalue weighted by Gasteiger charge is 2.26. The first kappa shape index (κ1) is 17.9. The van der Waals surface area contributed by atoms with Crippen LogP contribution < -0.4 is 16.0 Å². The molecule has 1 atom stereocenters. The average molecular weight is 375 g/mol. The summed E-state index contributed by atoms with van der Waals surface area (Å²) in [4.78, 5) is 34.4. The number of H-pyrrole nitrogens is 1. The number of hydrogen-bond donors (Lipinski definition) is 3. The van der Waals surface area contributed by atoms with Crippen molar-refractivity contribution in [1.82, 2.24) is 15.3 Å². The third-order valence-corrected chi connectivity index (χ3v) is 4.95. The van der Waals surface area contributed by atoms with Gasteiger partial charge in [-0.05, 0) is 17.7 Å². The minimum atomic E-state index is -0.307. The summed E-state index contributed by atoms with van der Waals surface area (Å²) in [5.74, 6) is -0.389. The van der Waals surface area contributed by atoms with E-state index >= 15 is 0 Å². The maximum atomic E-state index is 13.1. The van der Waals surface area contributed by atoms with E-state index in [1.54, 1.807) is 29.4 Å². The van der Waals surface area contributed by atoms with E-state index in [1.165, 1.54) is 6.92 Å². The Hall–Kier alpha value is -3.45. The first-order valence-electron chi connectivity index (χ1n) is 9.09. The number of pyridine rings is 1. The molecule has 0 saturated heterocycles. The number of carbonyl (C=O) groups is 2. The van der Waals surface area contributed by atoms with Crippen LogP contribution in [0.1, 0.15) is 24.1 Å². The summed E-state index contributed by atoms with van der Waals surface area (Å²) in [6.07, 6.45) is 5.26. The molecule has 4 N–H and O–H groups in total. The van der Waals surface area contributed by atoms with Crippen molar-refractivity contribution in [2.45, 2.75) is 13.0 Å². The summed E-state index contributed by atoms with van der Waals surface area (Å²) >= 11 is 0. The molecule has 2 amide bonds. The number of carbonyl (C=O) groups excluding carboxylic acids is 2. The fourth-order valence-corrected chi connectivity index (χ4v) is 3.52. The van der Waals surface area contributed by atoms with Gasteiger partial charge in [0.15, 0.2) is 0 Å². The number of amides is 2. The minimum absolute atomic E-state index is 0.140. The van der Waals surface area contributed by atoms with Gasteiger partial charge in [0.05, 0.1) is 18.3 Å². The van der Waals surface area contributed by atoms with Crippen molar-refractivity contribution in [3.8, 4) is 0 Å². The molecule has 1 aliphatic heterocycles. The Morgan fingerprint density at radius 2 is 2.07 bits per heavy atom. The topological polar surface area (TPSA) is 104 Å². The van der Waals surface area contributed by atoms with E-state index in [2.05, 4.69) is 15.3 Å². The normalized spacial score (nSPS) is 14.4. The highest BCUT2D eigenvalue weighted by Crippen LogP contribution is 2.33. The lowest BCUT2D eigenvalue weighted by molar-refractivity contribution is -0.118. The van der Waals surface area contributed by atoms with E-state index in [0.717, 1.165) is 22.2 Å². The molecule has 0 aliphatic carbocycles. The van der Waals surface area contributed by atoms with Crippen molar-refractivity contribution in [2.24, 2.45) is 5.73 Å². The smallest absolute Gasteiger partial charge is 0.249 e. The van der Waals surface area contributed by atoms with Gasteiger partial charge in [-0.2, -0.15) is 0 Å². The summed E-state index contributed by atoms with van der Waals surface area (Å²) < 4.78 is 0. The van der Waals surface area contributed by atoms with Gasteiger partial charge in [0, 0.05) is 42.4 Å². The van der Waals surface area contributed by atoms with Crippen LogP contribution in [0.25, 0.3) is 17.1 Å². The molecule has 3 aromatic rings. The highest BCUT2D eigenvalue weighted by atomic mass is 16.2. The number of anilines is 1. The molecular formula is C21H21N5O2. The van der Waals surface area contributed by atoms with Crippen molar-refractivity contribution in [1.29, 1.82) is 0 Å². The van der Waals surface area contributed by atoms with Crippen LogP contribution in [0.4, 0.5) is 5.69 Å². The molecule has 0 spiro atoms. The Bertz CT molecular complexity index is 1070. The van der Waals surface area contributed by atoms with Crippen LogP contribution in [-0.2, 0) is 9.59 Å². The van der Waals surface area contributed by atoms with E-state index < -0.39 is 0 Å². The van der Waals surface area contributed by atoms with Crippen LogP contribution in [0.3, 0.4) is 0 Å². The molecule has 142 valence electrons. The van der Waals surface area contributed by atoms with Gasteiger partial charge in [-0.3, -0.25) is 9.59 Å². The van der Waals surface area contributed by atoms with Gasteiger partial charge < -0.3 is 20.9 Å². The second-order valence-electron chi connectivity index (χ2n) is 6.74. The first-order valence-corrected chi connectivity index (χ1v) is 9.09. The summed E-state index contributed by atoms with van der Waals surface area (Å²) in [7, 11) is 0. The third-order valence-electron chi connectivity index (χ3n) is 4.95. The van der Waals surface area contributed by atoms with Crippen LogP contribution in [-0.4, -0.2) is 34.9 Å². The zero-order valence-corrected chi connectivity index (χ0v) is 15.5. The van der Waals surface area contributed by atoms with Crippen LogP contribution >= 0.6 is 0 Å².